The van der Waals surface area contributed by atoms with Gasteiger partial charge in [0.2, 0.25) is 0 Å². The van der Waals surface area contributed by atoms with Crippen LogP contribution in [0.15, 0.2) is 47.5 Å². The van der Waals surface area contributed by atoms with Crippen LogP contribution >= 0.6 is 11.6 Å². The standard InChI is InChI=1S/C17H18ClN5O/c1-24-13-6-7-15-14(8-13)22-16(9-21-17(19)20)23(15)10-11-2-4-12(18)5-3-11/h2-8H,9-10H2,1H3,(H4,19,20,21). The van der Waals surface area contributed by atoms with Gasteiger partial charge in [0, 0.05) is 17.6 Å². The Balaban J connectivity index is 2.05. The fourth-order valence-electron chi connectivity index (χ4n) is 2.52. The van der Waals surface area contributed by atoms with Crippen molar-refractivity contribution in [2.45, 2.75) is 13.1 Å². The average molecular weight is 344 g/mol. The lowest BCUT2D eigenvalue weighted by Crippen LogP contribution is -2.23. The van der Waals surface area contributed by atoms with Crippen molar-refractivity contribution < 1.29 is 4.74 Å². The zero-order valence-corrected chi connectivity index (χ0v) is 14.0. The van der Waals surface area contributed by atoms with E-state index in [0.717, 1.165) is 28.2 Å². The number of hydrogen-bond donors (Lipinski definition) is 2. The number of imidazole rings is 1. The summed E-state index contributed by atoms with van der Waals surface area (Å²) in [7, 11) is 1.63. The first-order valence-electron chi connectivity index (χ1n) is 7.40. The lowest BCUT2D eigenvalue weighted by Gasteiger charge is -2.09. The number of ether oxygens (including phenoxy) is 1. The van der Waals surface area contributed by atoms with E-state index in [9.17, 15) is 0 Å². The summed E-state index contributed by atoms with van der Waals surface area (Å²) in [4.78, 5) is 8.73. The zero-order chi connectivity index (χ0) is 17.1. The number of methoxy groups -OCH3 is 1. The van der Waals surface area contributed by atoms with Crippen LogP contribution in [0.25, 0.3) is 11.0 Å². The number of nitrogens with two attached hydrogens (primary N) is 2. The van der Waals surface area contributed by atoms with Crippen molar-refractivity contribution in [3.05, 3.63) is 58.9 Å². The average Bonchev–Trinajstić information content (AvgIpc) is 2.91. The molecule has 0 bridgehead atoms. The summed E-state index contributed by atoms with van der Waals surface area (Å²) in [5.41, 5.74) is 13.9. The molecule has 0 atom stereocenters. The van der Waals surface area contributed by atoms with E-state index in [0.29, 0.717) is 18.1 Å². The molecule has 0 unspecified atom stereocenters. The first-order valence-corrected chi connectivity index (χ1v) is 7.77. The van der Waals surface area contributed by atoms with Crippen LogP contribution in [0, 0.1) is 0 Å². The predicted molar refractivity (Wildman–Crippen MR) is 96.4 cm³/mol. The summed E-state index contributed by atoms with van der Waals surface area (Å²) in [5, 5.41) is 0.708. The van der Waals surface area contributed by atoms with Crippen LogP contribution in [0.5, 0.6) is 5.75 Å². The summed E-state index contributed by atoms with van der Waals surface area (Å²) >= 11 is 5.96. The Morgan fingerprint density at radius 3 is 2.62 bits per heavy atom. The van der Waals surface area contributed by atoms with Crippen molar-refractivity contribution in [3.63, 3.8) is 0 Å². The number of rotatable bonds is 5. The van der Waals surface area contributed by atoms with Crippen molar-refractivity contribution in [2.75, 3.05) is 7.11 Å². The van der Waals surface area contributed by atoms with Crippen LogP contribution in [0.4, 0.5) is 0 Å². The molecule has 24 heavy (non-hydrogen) atoms. The van der Waals surface area contributed by atoms with E-state index in [2.05, 4.69) is 14.5 Å². The van der Waals surface area contributed by atoms with Gasteiger partial charge in [0.25, 0.3) is 0 Å². The van der Waals surface area contributed by atoms with Crippen LogP contribution in [0.1, 0.15) is 11.4 Å². The number of fused-ring (bicyclic) bond motifs is 1. The SMILES string of the molecule is COc1ccc2c(c1)nc(CN=C(N)N)n2Cc1ccc(Cl)cc1. The highest BCUT2D eigenvalue weighted by Gasteiger charge is 2.12. The second-order valence-electron chi connectivity index (χ2n) is 5.34. The molecule has 0 aliphatic rings. The third kappa shape index (κ3) is 3.44. The molecule has 0 fully saturated rings. The van der Waals surface area contributed by atoms with Crippen molar-refractivity contribution in [2.24, 2.45) is 16.5 Å². The Bertz CT molecular complexity index is 882. The summed E-state index contributed by atoms with van der Waals surface area (Å²) in [6.07, 6.45) is 0. The van der Waals surface area contributed by atoms with E-state index in [1.165, 1.54) is 0 Å². The highest BCUT2D eigenvalue weighted by molar-refractivity contribution is 6.30. The molecule has 2 aromatic carbocycles. The number of aliphatic imine (C=N–C) groups is 1. The number of guanidine groups is 1. The Hall–Kier alpha value is -2.73. The molecule has 124 valence electrons. The highest BCUT2D eigenvalue weighted by Crippen LogP contribution is 2.23. The number of nitrogens with zero attached hydrogens (tertiary/aromatic N) is 3. The molecule has 0 spiro atoms. The molecule has 1 heterocycles. The minimum atomic E-state index is 0.0395. The van der Waals surface area contributed by atoms with Crippen molar-refractivity contribution in [3.8, 4) is 5.75 Å². The summed E-state index contributed by atoms with van der Waals surface area (Å²) < 4.78 is 7.36. The van der Waals surface area contributed by atoms with E-state index < -0.39 is 0 Å². The summed E-state index contributed by atoms with van der Waals surface area (Å²) in [6.45, 7) is 0.961. The molecule has 3 rings (SSSR count). The molecule has 1 aromatic heterocycles. The van der Waals surface area contributed by atoms with Gasteiger partial charge in [-0.15, -0.1) is 0 Å². The van der Waals surface area contributed by atoms with E-state index in [1.807, 2.05) is 42.5 Å². The molecule has 0 radical (unpaired) electrons. The van der Waals surface area contributed by atoms with Crippen LogP contribution in [-0.2, 0) is 13.1 Å². The smallest absolute Gasteiger partial charge is 0.186 e. The van der Waals surface area contributed by atoms with Gasteiger partial charge in [0.15, 0.2) is 5.96 Å². The van der Waals surface area contributed by atoms with Crippen LogP contribution in [-0.4, -0.2) is 22.6 Å². The largest absolute Gasteiger partial charge is 0.497 e. The molecule has 0 amide bonds. The summed E-state index contributed by atoms with van der Waals surface area (Å²) in [5.74, 6) is 1.58. The third-order valence-electron chi connectivity index (χ3n) is 3.69. The maximum atomic E-state index is 5.96. The van der Waals surface area contributed by atoms with Crippen molar-refractivity contribution in [1.29, 1.82) is 0 Å². The van der Waals surface area contributed by atoms with E-state index >= 15 is 0 Å². The second-order valence-corrected chi connectivity index (χ2v) is 5.77. The maximum Gasteiger partial charge on any atom is 0.186 e. The fraction of sp³-hybridized carbons (Fsp3) is 0.176. The van der Waals surface area contributed by atoms with Gasteiger partial charge in [-0.25, -0.2) is 9.98 Å². The minimum absolute atomic E-state index is 0.0395. The van der Waals surface area contributed by atoms with Gasteiger partial charge in [-0.1, -0.05) is 23.7 Å². The van der Waals surface area contributed by atoms with E-state index in [4.69, 9.17) is 27.8 Å². The fourth-order valence-corrected chi connectivity index (χ4v) is 2.64. The van der Waals surface area contributed by atoms with E-state index in [1.54, 1.807) is 7.11 Å². The maximum absolute atomic E-state index is 5.96. The Labute approximate surface area is 144 Å². The van der Waals surface area contributed by atoms with Crippen LogP contribution in [0.3, 0.4) is 0 Å². The zero-order valence-electron chi connectivity index (χ0n) is 13.2. The molecule has 6 nitrogen and oxygen atoms in total. The Kier molecular flexibility index (Phi) is 4.57. The predicted octanol–water partition coefficient (Wildman–Crippen LogP) is 2.52. The van der Waals surface area contributed by atoms with Crippen molar-refractivity contribution >= 4 is 28.6 Å². The van der Waals surface area contributed by atoms with Crippen LogP contribution in [0.2, 0.25) is 5.02 Å². The topological polar surface area (TPSA) is 91.4 Å². The number of aromatic nitrogens is 2. The molecular formula is C17H18ClN5O. The molecular weight excluding hydrogens is 326 g/mol. The quantitative estimate of drug-likeness (QED) is 0.550. The monoisotopic (exact) mass is 343 g/mol. The van der Waals surface area contributed by atoms with Gasteiger partial charge in [0.05, 0.1) is 18.1 Å². The first-order chi connectivity index (χ1) is 11.6. The normalized spacial score (nSPS) is 10.8. The molecule has 0 saturated heterocycles. The van der Waals surface area contributed by atoms with Gasteiger partial charge < -0.3 is 20.8 Å². The molecule has 0 saturated carbocycles. The Morgan fingerprint density at radius 1 is 1.21 bits per heavy atom. The molecule has 3 aromatic rings. The van der Waals surface area contributed by atoms with Gasteiger partial charge in [-0.2, -0.15) is 0 Å². The summed E-state index contributed by atoms with van der Waals surface area (Å²) in [6, 6.07) is 13.5. The molecule has 0 aliphatic heterocycles. The van der Waals surface area contributed by atoms with Gasteiger partial charge >= 0.3 is 0 Å². The minimum Gasteiger partial charge on any atom is -0.497 e. The van der Waals surface area contributed by atoms with Gasteiger partial charge in [-0.3, -0.25) is 0 Å². The third-order valence-corrected chi connectivity index (χ3v) is 3.94. The van der Waals surface area contributed by atoms with Crippen molar-refractivity contribution in [1.82, 2.24) is 9.55 Å². The number of halogens is 1. The number of benzene rings is 2. The molecule has 7 heteroatoms. The van der Waals surface area contributed by atoms with Gasteiger partial charge in [-0.05, 0) is 29.8 Å². The molecule has 0 aliphatic carbocycles. The lowest BCUT2D eigenvalue weighted by molar-refractivity contribution is 0.415. The van der Waals surface area contributed by atoms with Gasteiger partial charge in [0.1, 0.15) is 18.1 Å². The Morgan fingerprint density at radius 2 is 1.96 bits per heavy atom. The first kappa shape index (κ1) is 16.1. The lowest BCUT2D eigenvalue weighted by atomic mass is 10.2. The highest BCUT2D eigenvalue weighted by atomic mass is 35.5. The molecule has 4 N–H and O–H groups in total. The second kappa shape index (κ2) is 6.80. The van der Waals surface area contributed by atoms with E-state index in [-0.39, 0.29) is 5.96 Å². The van der Waals surface area contributed by atoms with Crippen LogP contribution < -0.4 is 16.2 Å². The number of hydrogen-bond acceptors (Lipinski definition) is 3.